The number of halogens is 1. The zero-order valence-corrected chi connectivity index (χ0v) is 12.7. The molecule has 5 heteroatoms. The highest BCUT2D eigenvalue weighted by molar-refractivity contribution is 9.10. The first-order valence-electron chi connectivity index (χ1n) is 5.74. The molecule has 1 N–H and O–H groups in total. The average molecular weight is 311 g/mol. The van der Waals surface area contributed by atoms with Crippen LogP contribution in [0.4, 0.5) is 0 Å². The molecule has 0 spiro atoms. The van der Waals surface area contributed by atoms with Crippen molar-refractivity contribution < 1.29 is 0 Å². The Morgan fingerprint density at radius 2 is 2.39 bits per heavy atom. The minimum atomic E-state index is 0.697. The lowest BCUT2D eigenvalue weighted by Crippen LogP contribution is -2.39. The van der Waals surface area contributed by atoms with Crippen LogP contribution in [-0.4, -0.2) is 36.1 Å². The quantitative estimate of drug-likeness (QED) is 0.398. The third-order valence-electron chi connectivity index (χ3n) is 2.60. The van der Waals surface area contributed by atoms with Crippen molar-refractivity contribution in [2.45, 2.75) is 13.0 Å². The zero-order chi connectivity index (χ0) is 13.5. The van der Waals surface area contributed by atoms with E-state index in [1.165, 1.54) is 5.69 Å². The molecule has 0 fully saturated rings. The van der Waals surface area contributed by atoms with Crippen LogP contribution in [0.2, 0.25) is 0 Å². The van der Waals surface area contributed by atoms with Gasteiger partial charge in [0.2, 0.25) is 0 Å². The molecule has 0 saturated carbocycles. The number of rotatable bonds is 4. The zero-order valence-electron chi connectivity index (χ0n) is 11.1. The van der Waals surface area contributed by atoms with E-state index in [2.05, 4.69) is 47.7 Å². The lowest BCUT2D eigenvalue weighted by atomic mass is 10.4. The van der Waals surface area contributed by atoms with Crippen molar-refractivity contribution in [1.82, 2.24) is 14.8 Å². The Morgan fingerprint density at radius 3 is 2.89 bits per heavy atom. The highest BCUT2D eigenvalue weighted by Gasteiger charge is 2.08. The molecule has 0 amide bonds. The summed E-state index contributed by atoms with van der Waals surface area (Å²) in [6, 6.07) is 2.10. The first-order valence-corrected chi connectivity index (χ1v) is 6.53. The number of aliphatic imine (C=N–C) groups is 1. The predicted molar refractivity (Wildman–Crippen MR) is 79.4 cm³/mol. The fraction of sp³-hybridized carbons (Fsp3) is 0.462. The molecule has 0 aliphatic rings. The smallest absolute Gasteiger partial charge is 0.193 e. The van der Waals surface area contributed by atoms with E-state index in [4.69, 9.17) is 6.42 Å². The van der Waals surface area contributed by atoms with E-state index in [-0.39, 0.29) is 0 Å². The Kier molecular flexibility index (Phi) is 5.79. The largest absolute Gasteiger partial charge is 0.355 e. The van der Waals surface area contributed by atoms with Crippen molar-refractivity contribution in [3.05, 3.63) is 22.4 Å². The van der Waals surface area contributed by atoms with Gasteiger partial charge in [0.05, 0.1) is 6.54 Å². The molecule has 0 atom stereocenters. The van der Waals surface area contributed by atoms with Crippen LogP contribution in [0.15, 0.2) is 21.7 Å². The van der Waals surface area contributed by atoms with E-state index in [0.29, 0.717) is 6.42 Å². The molecule has 0 radical (unpaired) electrons. The monoisotopic (exact) mass is 310 g/mol. The molecule has 0 aromatic carbocycles. The minimum Gasteiger partial charge on any atom is -0.355 e. The molecule has 98 valence electrons. The van der Waals surface area contributed by atoms with Crippen LogP contribution in [0.1, 0.15) is 12.1 Å². The number of aromatic nitrogens is 1. The van der Waals surface area contributed by atoms with Crippen LogP contribution in [0, 0.1) is 12.3 Å². The van der Waals surface area contributed by atoms with Gasteiger partial charge in [0.15, 0.2) is 5.96 Å². The van der Waals surface area contributed by atoms with Gasteiger partial charge in [0.1, 0.15) is 0 Å². The Hall–Kier alpha value is -1.41. The molecular formula is C13H19BrN4. The molecule has 0 aliphatic carbocycles. The van der Waals surface area contributed by atoms with Gasteiger partial charge in [-0.15, -0.1) is 12.3 Å². The third kappa shape index (κ3) is 4.11. The van der Waals surface area contributed by atoms with E-state index in [9.17, 15) is 0 Å². The van der Waals surface area contributed by atoms with Crippen molar-refractivity contribution in [3.63, 3.8) is 0 Å². The van der Waals surface area contributed by atoms with Crippen molar-refractivity contribution in [1.29, 1.82) is 0 Å². The number of hydrogen-bond acceptors (Lipinski definition) is 1. The first kappa shape index (κ1) is 14.7. The molecule has 0 bridgehead atoms. The van der Waals surface area contributed by atoms with E-state index >= 15 is 0 Å². The Balaban J connectivity index is 2.60. The summed E-state index contributed by atoms with van der Waals surface area (Å²) in [4.78, 5) is 6.30. The van der Waals surface area contributed by atoms with E-state index in [0.717, 1.165) is 23.5 Å². The number of guanidine groups is 1. The summed E-state index contributed by atoms with van der Waals surface area (Å²) in [6.07, 6.45) is 7.96. The van der Waals surface area contributed by atoms with Crippen LogP contribution < -0.4 is 5.32 Å². The summed E-state index contributed by atoms with van der Waals surface area (Å²) in [6.45, 7) is 1.53. The van der Waals surface area contributed by atoms with Crippen LogP contribution in [0.25, 0.3) is 0 Å². The second-order valence-corrected chi connectivity index (χ2v) is 4.96. The van der Waals surface area contributed by atoms with Crippen molar-refractivity contribution >= 4 is 21.9 Å². The van der Waals surface area contributed by atoms with Gasteiger partial charge in [-0.25, -0.2) is 0 Å². The Bertz CT molecular complexity index is 456. The van der Waals surface area contributed by atoms with Gasteiger partial charge in [-0.3, -0.25) is 4.99 Å². The highest BCUT2D eigenvalue weighted by atomic mass is 79.9. The van der Waals surface area contributed by atoms with Crippen LogP contribution in [0.5, 0.6) is 0 Å². The van der Waals surface area contributed by atoms with Crippen LogP contribution in [0.3, 0.4) is 0 Å². The van der Waals surface area contributed by atoms with Gasteiger partial charge in [-0.05, 0) is 22.0 Å². The Labute approximate surface area is 117 Å². The summed E-state index contributed by atoms with van der Waals surface area (Å²) in [5, 5.41) is 3.23. The number of nitrogens with one attached hydrogen (secondary N) is 1. The van der Waals surface area contributed by atoms with Gasteiger partial charge >= 0.3 is 0 Å². The average Bonchev–Trinajstić information content (AvgIpc) is 2.63. The van der Waals surface area contributed by atoms with Gasteiger partial charge < -0.3 is 14.8 Å². The van der Waals surface area contributed by atoms with E-state index in [1.807, 2.05) is 20.3 Å². The topological polar surface area (TPSA) is 32.6 Å². The molecular weight excluding hydrogens is 292 g/mol. The maximum Gasteiger partial charge on any atom is 0.193 e. The maximum atomic E-state index is 5.23. The normalized spacial score (nSPS) is 11.2. The fourth-order valence-corrected chi connectivity index (χ4v) is 2.24. The van der Waals surface area contributed by atoms with Crippen LogP contribution in [-0.2, 0) is 13.6 Å². The predicted octanol–water partition coefficient (Wildman–Crippen LogP) is 1.82. The Morgan fingerprint density at radius 1 is 1.67 bits per heavy atom. The first-order chi connectivity index (χ1) is 8.58. The van der Waals surface area contributed by atoms with Gasteiger partial charge in [0.25, 0.3) is 0 Å². The van der Waals surface area contributed by atoms with Crippen LogP contribution >= 0.6 is 15.9 Å². The van der Waals surface area contributed by atoms with Gasteiger partial charge in [-0.2, -0.15) is 0 Å². The standard InChI is InChI=1S/C13H19BrN4/c1-5-6-7-16-13(15-2)18(4)10-12-8-11(14)9-17(12)3/h1,8-9H,6-7,10H2,2-4H3,(H,15,16). The van der Waals surface area contributed by atoms with E-state index in [1.54, 1.807) is 7.05 Å². The lowest BCUT2D eigenvalue weighted by molar-refractivity contribution is 0.463. The third-order valence-corrected chi connectivity index (χ3v) is 3.03. The lowest BCUT2D eigenvalue weighted by Gasteiger charge is -2.22. The minimum absolute atomic E-state index is 0.697. The number of terminal acetylenes is 1. The molecule has 18 heavy (non-hydrogen) atoms. The molecule has 4 nitrogen and oxygen atoms in total. The van der Waals surface area contributed by atoms with Gasteiger partial charge in [0, 0.05) is 50.5 Å². The molecule has 0 aliphatic heterocycles. The number of nitrogens with zero attached hydrogens (tertiary/aromatic N) is 3. The fourth-order valence-electron chi connectivity index (χ4n) is 1.67. The summed E-state index contributed by atoms with van der Waals surface area (Å²) in [7, 11) is 5.81. The second-order valence-electron chi connectivity index (χ2n) is 4.04. The number of hydrogen-bond donors (Lipinski definition) is 1. The molecule has 1 aromatic rings. The molecule has 0 saturated heterocycles. The summed E-state index contributed by atoms with van der Waals surface area (Å²) in [5.41, 5.74) is 1.21. The number of aryl methyl sites for hydroxylation is 1. The molecule has 1 aromatic heterocycles. The SMILES string of the molecule is C#CCCNC(=NC)N(C)Cc1cc(Br)cn1C. The highest BCUT2D eigenvalue weighted by Crippen LogP contribution is 2.14. The summed E-state index contributed by atoms with van der Waals surface area (Å²) >= 11 is 3.47. The van der Waals surface area contributed by atoms with Crippen molar-refractivity contribution in [3.8, 4) is 12.3 Å². The van der Waals surface area contributed by atoms with Gasteiger partial charge in [-0.1, -0.05) is 0 Å². The second kappa shape index (κ2) is 7.12. The van der Waals surface area contributed by atoms with Crippen molar-refractivity contribution in [2.75, 3.05) is 20.6 Å². The summed E-state index contributed by atoms with van der Waals surface area (Å²) in [5.74, 6) is 3.45. The molecule has 0 unspecified atom stereocenters. The summed E-state index contributed by atoms with van der Waals surface area (Å²) < 4.78 is 3.18. The molecule has 1 rings (SSSR count). The molecule has 1 heterocycles. The van der Waals surface area contributed by atoms with Crippen molar-refractivity contribution in [2.24, 2.45) is 12.0 Å². The maximum absolute atomic E-state index is 5.23. The van der Waals surface area contributed by atoms with E-state index < -0.39 is 0 Å².